The summed E-state index contributed by atoms with van der Waals surface area (Å²) in [5.41, 5.74) is 8.04. The van der Waals surface area contributed by atoms with E-state index in [0.29, 0.717) is 24.3 Å². The van der Waals surface area contributed by atoms with Gasteiger partial charge in [0.15, 0.2) is 0 Å². The van der Waals surface area contributed by atoms with Crippen molar-refractivity contribution in [2.75, 3.05) is 16.8 Å². The molecular weight excluding hydrogens is 272 g/mol. The molecule has 0 aliphatic heterocycles. The number of hydrogen-bond donors (Lipinski definition) is 2. The van der Waals surface area contributed by atoms with Gasteiger partial charge in [-0.3, -0.25) is 9.00 Å². The minimum atomic E-state index is -0.908. The quantitative estimate of drug-likeness (QED) is 0.821. The van der Waals surface area contributed by atoms with Crippen LogP contribution in [0, 0.1) is 6.92 Å². The standard InChI is InChI=1S/C15H24N2O2S/c1-11-7-8-12(16)10-13(11)17-14(18)6-5-9-20(19)15(2,3)4/h7-8,10H,5-6,9,16H2,1-4H3,(H,17,18). The van der Waals surface area contributed by atoms with E-state index in [4.69, 9.17) is 5.73 Å². The molecule has 0 saturated heterocycles. The Hall–Kier alpha value is -1.36. The summed E-state index contributed by atoms with van der Waals surface area (Å²) in [6.45, 7) is 7.75. The predicted molar refractivity (Wildman–Crippen MR) is 86.2 cm³/mol. The van der Waals surface area contributed by atoms with E-state index >= 15 is 0 Å². The molecule has 1 unspecified atom stereocenters. The summed E-state index contributed by atoms with van der Waals surface area (Å²) < 4.78 is 11.6. The number of aryl methyl sites for hydroxylation is 1. The highest BCUT2D eigenvalue weighted by Crippen LogP contribution is 2.18. The minimum Gasteiger partial charge on any atom is -0.399 e. The summed E-state index contributed by atoms with van der Waals surface area (Å²) in [4.78, 5) is 11.9. The number of rotatable bonds is 5. The van der Waals surface area contributed by atoms with Gasteiger partial charge < -0.3 is 11.1 Å². The molecular formula is C15H24N2O2S. The van der Waals surface area contributed by atoms with Gasteiger partial charge in [0, 0.05) is 39.1 Å². The monoisotopic (exact) mass is 296 g/mol. The molecule has 1 amide bonds. The van der Waals surface area contributed by atoms with Crippen molar-refractivity contribution in [3.05, 3.63) is 23.8 Å². The number of amides is 1. The Bertz CT molecular complexity index is 507. The summed E-state index contributed by atoms with van der Waals surface area (Å²) in [6, 6.07) is 5.43. The van der Waals surface area contributed by atoms with Gasteiger partial charge in [-0.15, -0.1) is 0 Å². The number of nitrogen functional groups attached to an aromatic ring is 1. The van der Waals surface area contributed by atoms with Crippen LogP contribution in [0.2, 0.25) is 0 Å². The van der Waals surface area contributed by atoms with Crippen LogP contribution in [0.5, 0.6) is 0 Å². The Morgan fingerprint density at radius 3 is 2.60 bits per heavy atom. The van der Waals surface area contributed by atoms with Crippen molar-refractivity contribution >= 4 is 28.1 Å². The Kier molecular flexibility index (Phi) is 5.74. The molecule has 5 heteroatoms. The molecule has 0 saturated carbocycles. The molecule has 1 aromatic rings. The lowest BCUT2D eigenvalue weighted by Gasteiger charge is -2.17. The molecule has 112 valence electrons. The first-order valence-corrected chi connectivity index (χ1v) is 8.06. The summed E-state index contributed by atoms with van der Waals surface area (Å²) >= 11 is 0. The number of hydrogen-bond acceptors (Lipinski definition) is 3. The number of anilines is 2. The molecule has 0 radical (unpaired) electrons. The molecule has 0 aliphatic carbocycles. The Balaban J connectivity index is 2.45. The molecule has 4 nitrogen and oxygen atoms in total. The van der Waals surface area contributed by atoms with E-state index in [1.165, 1.54) is 0 Å². The van der Waals surface area contributed by atoms with Crippen molar-refractivity contribution in [2.24, 2.45) is 0 Å². The largest absolute Gasteiger partial charge is 0.399 e. The van der Waals surface area contributed by atoms with E-state index < -0.39 is 10.8 Å². The number of nitrogens with one attached hydrogen (secondary N) is 1. The van der Waals surface area contributed by atoms with Gasteiger partial charge in [-0.2, -0.15) is 0 Å². The molecule has 0 fully saturated rings. The van der Waals surface area contributed by atoms with Crippen molar-refractivity contribution in [1.29, 1.82) is 0 Å². The molecule has 0 bridgehead atoms. The maximum atomic E-state index is 11.9. The van der Waals surface area contributed by atoms with Crippen LogP contribution in [0.3, 0.4) is 0 Å². The summed E-state index contributed by atoms with van der Waals surface area (Å²) in [5.74, 6) is 0.483. The average molecular weight is 296 g/mol. The van der Waals surface area contributed by atoms with Crippen LogP contribution >= 0.6 is 0 Å². The second-order valence-electron chi connectivity index (χ2n) is 5.89. The van der Waals surface area contributed by atoms with Gasteiger partial charge in [-0.1, -0.05) is 6.07 Å². The average Bonchev–Trinajstić information content (AvgIpc) is 2.32. The summed E-state index contributed by atoms with van der Waals surface area (Å²) in [7, 11) is -0.908. The lowest BCUT2D eigenvalue weighted by molar-refractivity contribution is -0.116. The smallest absolute Gasteiger partial charge is 0.224 e. The highest BCUT2D eigenvalue weighted by atomic mass is 32.2. The van der Waals surface area contributed by atoms with E-state index in [9.17, 15) is 9.00 Å². The molecule has 0 aromatic heterocycles. The molecule has 0 heterocycles. The first-order chi connectivity index (χ1) is 9.20. The molecule has 0 aliphatic rings. The molecule has 3 N–H and O–H groups in total. The van der Waals surface area contributed by atoms with Gasteiger partial charge in [0.2, 0.25) is 5.91 Å². The van der Waals surface area contributed by atoms with Crippen molar-refractivity contribution in [3.63, 3.8) is 0 Å². The van der Waals surface area contributed by atoms with Crippen molar-refractivity contribution in [2.45, 2.75) is 45.3 Å². The first-order valence-electron chi connectivity index (χ1n) is 6.74. The fourth-order valence-electron chi connectivity index (χ4n) is 1.66. The van der Waals surface area contributed by atoms with Gasteiger partial charge in [-0.25, -0.2) is 0 Å². The number of carbonyl (C=O) groups is 1. The van der Waals surface area contributed by atoms with E-state index in [-0.39, 0.29) is 10.7 Å². The third-order valence-electron chi connectivity index (χ3n) is 2.95. The van der Waals surface area contributed by atoms with E-state index in [0.717, 1.165) is 11.3 Å². The third kappa shape index (κ3) is 5.33. The normalized spacial score (nSPS) is 13.0. The molecule has 1 aromatic carbocycles. The maximum absolute atomic E-state index is 11.9. The number of carbonyl (C=O) groups excluding carboxylic acids is 1. The zero-order valence-electron chi connectivity index (χ0n) is 12.7. The zero-order chi connectivity index (χ0) is 15.3. The van der Waals surface area contributed by atoms with Gasteiger partial charge in [-0.05, 0) is 51.8 Å². The van der Waals surface area contributed by atoms with E-state index in [2.05, 4.69) is 5.32 Å². The Labute approximate surface area is 123 Å². The van der Waals surface area contributed by atoms with Crippen LogP contribution in [-0.2, 0) is 15.6 Å². The Morgan fingerprint density at radius 2 is 2.00 bits per heavy atom. The Morgan fingerprint density at radius 1 is 1.35 bits per heavy atom. The van der Waals surface area contributed by atoms with Crippen LogP contribution in [0.25, 0.3) is 0 Å². The van der Waals surface area contributed by atoms with Gasteiger partial charge in [0.1, 0.15) is 0 Å². The molecule has 1 atom stereocenters. The van der Waals surface area contributed by atoms with Gasteiger partial charge in [0.25, 0.3) is 0 Å². The highest BCUT2D eigenvalue weighted by molar-refractivity contribution is 7.86. The molecule has 20 heavy (non-hydrogen) atoms. The fourth-order valence-corrected chi connectivity index (χ4v) is 2.68. The summed E-state index contributed by atoms with van der Waals surface area (Å²) in [5, 5.41) is 2.85. The lowest BCUT2D eigenvalue weighted by Crippen LogP contribution is -2.24. The first kappa shape index (κ1) is 16.7. The van der Waals surface area contributed by atoms with E-state index in [1.807, 2.05) is 33.8 Å². The molecule has 0 spiro atoms. The van der Waals surface area contributed by atoms with Crippen LogP contribution in [-0.4, -0.2) is 20.6 Å². The topological polar surface area (TPSA) is 72.2 Å². The van der Waals surface area contributed by atoms with E-state index in [1.54, 1.807) is 12.1 Å². The molecule has 1 rings (SSSR count). The van der Waals surface area contributed by atoms with Crippen LogP contribution in [0.1, 0.15) is 39.2 Å². The second kappa shape index (κ2) is 6.88. The van der Waals surface area contributed by atoms with Crippen LogP contribution in [0.15, 0.2) is 18.2 Å². The van der Waals surface area contributed by atoms with Crippen molar-refractivity contribution in [3.8, 4) is 0 Å². The maximum Gasteiger partial charge on any atom is 0.224 e. The van der Waals surface area contributed by atoms with Crippen LogP contribution < -0.4 is 11.1 Å². The lowest BCUT2D eigenvalue weighted by atomic mass is 10.1. The van der Waals surface area contributed by atoms with Crippen molar-refractivity contribution in [1.82, 2.24) is 0 Å². The SMILES string of the molecule is Cc1ccc(N)cc1NC(=O)CCCS(=O)C(C)(C)C. The third-order valence-corrected chi connectivity index (χ3v) is 4.98. The number of nitrogens with two attached hydrogens (primary N) is 1. The number of benzene rings is 1. The predicted octanol–water partition coefficient (Wildman–Crippen LogP) is 2.84. The van der Waals surface area contributed by atoms with Gasteiger partial charge in [0.05, 0.1) is 0 Å². The highest BCUT2D eigenvalue weighted by Gasteiger charge is 2.19. The van der Waals surface area contributed by atoms with Crippen LogP contribution in [0.4, 0.5) is 11.4 Å². The fraction of sp³-hybridized carbons (Fsp3) is 0.533. The minimum absolute atomic E-state index is 0.0652. The summed E-state index contributed by atoms with van der Waals surface area (Å²) in [6.07, 6.45) is 0.993. The van der Waals surface area contributed by atoms with Crippen molar-refractivity contribution < 1.29 is 9.00 Å². The van der Waals surface area contributed by atoms with Gasteiger partial charge >= 0.3 is 0 Å². The second-order valence-corrected chi connectivity index (χ2v) is 8.21. The zero-order valence-corrected chi connectivity index (χ0v) is 13.5.